The zero-order valence-corrected chi connectivity index (χ0v) is 9.49. The Kier molecular flexibility index (Phi) is 2.89. The minimum Gasteiger partial charge on any atom is -0.255 e. The van der Waals surface area contributed by atoms with Gasteiger partial charge in [-0.15, -0.1) is 0 Å². The molecule has 0 N–H and O–H groups in total. The van der Waals surface area contributed by atoms with Crippen molar-refractivity contribution in [2.24, 2.45) is 0 Å². The Balaban J connectivity index is 2.49. The molecule has 2 nitrogen and oxygen atoms in total. The first-order chi connectivity index (χ1) is 7.70. The Hall–Kier alpha value is -1.85. The summed E-state index contributed by atoms with van der Waals surface area (Å²) >= 11 is 5.82. The third kappa shape index (κ3) is 2.05. The topological polar surface area (TPSA) is 36.7 Å². The van der Waals surface area contributed by atoms with Gasteiger partial charge in [-0.1, -0.05) is 23.7 Å². The zero-order valence-electron chi connectivity index (χ0n) is 8.74. The highest BCUT2D eigenvalue weighted by Gasteiger charge is 2.04. The molecular weight excluding hydrogens is 220 g/mol. The van der Waals surface area contributed by atoms with E-state index in [0.29, 0.717) is 10.6 Å². The van der Waals surface area contributed by atoms with Crippen molar-refractivity contribution < 1.29 is 0 Å². The predicted octanol–water partition coefficient (Wildman–Crippen LogP) is 3.58. The van der Waals surface area contributed by atoms with Crippen molar-refractivity contribution in [3.05, 3.63) is 52.7 Å². The van der Waals surface area contributed by atoms with Crippen LogP contribution in [-0.2, 0) is 0 Å². The van der Waals surface area contributed by atoms with Gasteiger partial charge in [0.05, 0.1) is 11.3 Å². The van der Waals surface area contributed by atoms with Gasteiger partial charge in [0, 0.05) is 16.8 Å². The first-order valence-corrected chi connectivity index (χ1v) is 5.21. The number of aromatic nitrogens is 1. The largest absolute Gasteiger partial charge is 0.255 e. The standard InChI is InChI=1S/C13H9ClN2/c1-9-6-10(7-15)8-16-13(9)11-2-4-12(14)5-3-11/h2-6,8H,1H3. The number of hydrogen-bond donors (Lipinski definition) is 0. The van der Waals surface area contributed by atoms with E-state index >= 15 is 0 Å². The molecule has 78 valence electrons. The summed E-state index contributed by atoms with van der Waals surface area (Å²) in [5.74, 6) is 0. The Morgan fingerprint density at radius 3 is 2.50 bits per heavy atom. The lowest BCUT2D eigenvalue weighted by Gasteiger charge is -2.04. The molecule has 0 aliphatic heterocycles. The first-order valence-electron chi connectivity index (χ1n) is 4.83. The lowest BCUT2D eigenvalue weighted by atomic mass is 10.1. The SMILES string of the molecule is Cc1cc(C#N)cnc1-c1ccc(Cl)cc1. The molecule has 0 saturated heterocycles. The molecule has 1 heterocycles. The van der Waals surface area contributed by atoms with Gasteiger partial charge >= 0.3 is 0 Å². The molecule has 0 unspecified atom stereocenters. The van der Waals surface area contributed by atoms with Gasteiger partial charge in [0.2, 0.25) is 0 Å². The second-order valence-electron chi connectivity index (χ2n) is 3.51. The van der Waals surface area contributed by atoms with E-state index < -0.39 is 0 Å². The van der Waals surface area contributed by atoms with E-state index in [2.05, 4.69) is 11.1 Å². The Bertz CT molecular complexity index is 553. The molecule has 16 heavy (non-hydrogen) atoms. The van der Waals surface area contributed by atoms with Gasteiger partial charge in [-0.3, -0.25) is 4.98 Å². The normalized spacial score (nSPS) is 9.81. The summed E-state index contributed by atoms with van der Waals surface area (Å²) in [5.41, 5.74) is 3.46. The van der Waals surface area contributed by atoms with Crippen LogP contribution < -0.4 is 0 Å². The van der Waals surface area contributed by atoms with Crippen molar-refractivity contribution in [2.75, 3.05) is 0 Å². The van der Waals surface area contributed by atoms with Crippen LogP contribution in [0.4, 0.5) is 0 Å². The highest BCUT2D eigenvalue weighted by Crippen LogP contribution is 2.23. The van der Waals surface area contributed by atoms with Crippen molar-refractivity contribution in [3.63, 3.8) is 0 Å². The fourth-order valence-electron chi connectivity index (χ4n) is 1.55. The van der Waals surface area contributed by atoms with Gasteiger partial charge in [0.25, 0.3) is 0 Å². The molecule has 1 aromatic carbocycles. The van der Waals surface area contributed by atoms with Gasteiger partial charge < -0.3 is 0 Å². The van der Waals surface area contributed by atoms with E-state index in [1.807, 2.05) is 37.3 Å². The van der Waals surface area contributed by atoms with Crippen LogP contribution in [-0.4, -0.2) is 4.98 Å². The molecule has 1 aromatic heterocycles. The minimum absolute atomic E-state index is 0.579. The minimum atomic E-state index is 0.579. The van der Waals surface area contributed by atoms with Crippen molar-refractivity contribution in [3.8, 4) is 17.3 Å². The third-order valence-electron chi connectivity index (χ3n) is 2.33. The van der Waals surface area contributed by atoms with Crippen LogP contribution in [0.25, 0.3) is 11.3 Å². The number of benzene rings is 1. The highest BCUT2D eigenvalue weighted by molar-refractivity contribution is 6.30. The third-order valence-corrected chi connectivity index (χ3v) is 2.58. The van der Waals surface area contributed by atoms with E-state index in [0.717, 1.165) is 16.8 Å². The molecule has 0 spiro atoms. The van der Waals surface area contributed by atoms with Crippen LogP contribution in [0.5, 0.6) is 0 Å². The van der Waals surface area contributed by atoms with E-state index in [-0.39, 0.29) is 0 Å². The zero-order chi connectivity index (χ0) is 11.5. The number of nitriles is 1. The smallest absolute Gasteiger partial charge is 0.101 e. The second kappa shape index (κ2) is 4.34. The molecule has 0 bridgehead atoms. The monoisotopic (exact) mass is 228 g/mol. The van der Waals surface area contributed by atoms with E-state index in [1.165, 1.54) is 0 Å². The van der Waals surface area contributed by atoms with Crippen molar-refractivity contribution >= 4 is 11.6 Å². The van der Waals surface area contributed by atoms with Crippen LogP contribution in [0, 0.1) is 18.3 Å². The quantitative estimate of drug-likeness (QED) is 0.748. The predicted molar refractivity (Wildman–Crippen MR) is 64.1 cm³/mol. The fourth-order valence-corrected chi connectivity index (χ4v) is 1.67. The summed E-state index contributed by atoms with van der Waals surface area (Å²) in [5, 5.41) is 9.46. The Morgan fingerprint density at radius 2 is 1.94 bits per heavy atom. The molecular formula is C13H9ClN2. The van der Waals surface area contributed by atoms with Crippen molar-refractivity contribution in [2.45, 2.75) is 6.92 Å². The summed E-state index contributed by atoms with van der Waals surface area (Å²) in [4.78, 5) is 4.28. The average Bonchev–Trinajstić information content (AvgIpc) is 2.30. The molecule has 3 heteroatoms. The maximum Gasteiger partial charge on any atom is 0.101 e. The van der Waals surface area contributed by atoms with Crippen LogP contribution in [0.2, 0.25) is 5.02 Å². The van der Waals surface area contributed by atoms with Crippen LogP contribution in [0.1, 0.15) is 11.1 Å². The molecule has 2 rings (SSSR count). The molecule has 0 atom stereocenters. The van der Waals surface area contributed by atoms with Gasteiger partial charge in [-0.25, -0.2) is 0 Å². The molecule has 0 fully saturated rings. The maximum absolute atomic E-state index is 8.75. The summed E-state index contributed by atoms with van der Waals surface area (Å²) < 4.78 is 0. The van der Waals surface area contributed by atoms with Crippen molar-refractivity contribution in [1.29, 1.82) is 5.26 Å². The van der Waals surface area contributed by atoms with Crippen LogP contribution in [0.15, 0.2) is 36.5 Å². The number of pyridine rings is 1. The lowest BCUT2D eigenvalue weighted by Crippen LogP contribution is -1.89. The summed E-state index contributed by atoms with van der Waals surface area (Å²) in [6.07, 6.45) is 1.58. The molecule has 2 aromatic rings. The van der Waals surface area contributed by atoms with Crippen molar-refractivity contribution in [1.82, 2.24) is 4.98 Å². The number of hydrogen-bond acceptors (Lipinski definition) is 2. The molecule has 0 amide bonds. The van der Waals surface area contributed by atoms with Crippen LogP contribution >= 0.6 is 11.6 Å². The first kappa shape index (κ1) is 10.7. The van der Waals surface area contributed by atoms with Gasteiger partial charge in [0.1, 0.15) is 6.07 Å². The highest BCUT2D eigenvalue weighted by atomic mass is 35.5. The van der Waals surface area contributed by atoms with Gasteiger partial charge in [0.15, 0.2) is 0 Å². The molecule has 0 radical (unpaired) electrons. The number of rotatable bonds is 1. The van der Waals surface area contributed by atoms with Gasteiger partial charge in [-0.05, 0) is 30.7 Å². The lowest BCUT2D eigenvalue weighted by molar-refractivity contribution is 1.25. The van der Waals surface area contributed by atoms with Crippen LogP contribution in [0.3, 0.4) is 0 Å². The summed E-state index contributed by atoms with van der Waals surface area (Å²) in [7, 11) is 0. The summed E-state index contributed by atoms with van der Waals surface area (Å²) in [6.45, 7) is 1.94. The molecule has 0 aliphatic rings. The number of aryl methyl sites for hydroxylation is 1. The maximum atomic E-state index is 8.75. The summed E-state index contributed by atoms with van der Waals surface area (Å²) in [6, 6.07) is 11.4. The van der Waals surface area contributed by atoms with Gasteiger partial charge in [-0.2, -0.15) is 5.26 Å². The fraction of sp³-hybridized carbons (Fsp3) is 0.0769. The van der Waals surface area contributed by atoms with E-state index in [1.54, 1.807) is 6.20 Å². The number of halogens is 1. The molecule has 0 aliphatic carbocycles. The Labute approximate surface area is 99.1 Å². The van der Waals surface area contributed by atoms with E-state index in [4.69, 9.17) is 16.9 Å². The number of nitrogens with zero attached hydrogens (tertiary/aromatic N) is 2. The second-order valence-corrected chi connectivity index (χ2v) is 3.94. The van der Waals surface area contributed by atoms with E-state index in [9.17, 15) is 0 Å². The average molecular weight is 229 g/mol. The molecule has 0 saturated carbocycles. The Morgan fingerprint density at radius 1 is 1.25 bits per heavy atom.